The molecule has 33 heavy (non-hydrogen) atoms. The Bertz CT molecular complexity index is 1080. The molecule has 9 heteroatoms. The molecule has 4 amide bonds. The fourth-order valence-corrected chi connectivity index (χ4v) is 3.51. The van der Waals surface area contributed by atoms with Crippen LogP contribution < -0.4 is 24.4 Å². The number of carbonyl (C=O) groups excluding carboxylic acids is 3. The van der Waals surface area contributed by atoms with E-state index in [4.69, 9.17) is 25.8 Å². The second-order valence-electron chi connectivity index (χ2n) is 7.12. The quantitative estimate of drug-likeness (QED) is 0.326. The minimum absolute atomic E-state index is 0.221. The number of halogens is 1. The van der Waals surface area contributed by atoms with E-state index >= 15 is 0 Å². The summed E-state index contributed by atoms with van der Waals surface area (Å²) in [5.74, 6) is -0.216. The standard InChI is InChI=1S/C24H25ClN2O6/c1-4-6-11-33-17-9-7-16(8-10-17)27-23(29)18(22(28)26-24(27)30)12-15-13-19(25)21(31-3)20(14-15)32-5-2/h7-10,12-14H,4-6,11H2,1-3H3,(H,26,28,30)/b18-12-. The number of anilines is 1. The molecule has 174 valence electrons. The molecule has 2 aromatic carbocycles. The number of imide groups is 2. The van der Waals surface area contributed by atoms with Gasteiger partial charge in [0.2, 0.25) is 0 Å². The number of methoxy groups -OCH3 is 1. The molecular weight excluding hydrogens is 448 g/mol. The Kier molecular flexibility index (Phi) is 7.95. The van der Waals surface area contributed by atoms with E-state index in [-0.39, 0.29) is 10.6 Å². The van der Waals surface area contributed by atoms with Crippen molar-refractivity contribution in [1.29, 1.82) is 0 Å². The topological polar surface area (TPSA) is 94.2 Å². The predicted molar refractivity (Wildman–Crippen MR) is 125 cm³/mol. The molecule has 0 spiro atoms. The number of nitrogens with zero attached hydrogens (tertiary/aromatic N) is 1. The van der Waals surface area contributed by atoms with Crippen LogP contribution in [-0.4, -0.2) is 38.2 Å². The van der Waals surface area contributed by atoms with Crippen molar-refractivity contribution in [3.8, 4) is 17.2 Å². The van der Waals surface area contributed by atoms with Crippen LogP contribution in [0, 0.1) is 0 Å². The summed E-state index contributed by atoms with van der Waals surface area (Å²) in [4.78, 5) is 38.9. The van der Waals surface area contributed by atoms with Gasteiger partial charge in [0.25, 0.3) is 11.8 Å². The van der Waals surface area contributed by atoms with E-state index in [9.17, 15) is 14.4 Å². The summed E-state index contributed by atoms with van der Waals surface area (Å²) in [7, 11) is 1.46. The van der Waals surface area contributed by atoms with E-state index in [0.717, 1.165) is 17.7 Å². The van der Waals surface area contributed by atoms with Gasteiger partial charge < -0.3 is 14.2 Å². The van der Waals surface area contributed by atoms with Gasteiger partial charge in [0.15, 0.2) is 11.5 Å². The summed E-state index contributed by atoms with van der Waals surface area (Å²) in [6.07, 6.45) is 3.29. The largest absolute Gasteiger partial charge is 0.494 e. The maximum Gasteiger partial charge on any atom is 0.335 e. The first kappa shape index (κ1) is 24.1. The summed E-state index contributed by atoms with van der Waals surface area (Å²) in [6.45, 7) is 4.82. The molecule has 0 radical (unpaired) electrons. The van der Waals surface area contributed by atoms with Crippen LogP contribution >= 0.6 is 11.6 Å². The highest BCUT2D eigenvalue weighted by Gasteiger charge is 2.36. The van der Waals surface area contributed by atoms with Gasteiger partial charge in [-0.25, -0.2) is 9.69 Å². The first-order valence-electron chi connectivity index (χ1n) is 10.5. The number of unbranched alkanes of at least 4 members (excludes halogenated alkanes) is 1. The van der Waals surface area contributed by atoms with Crippen molar-refractivity contribution in [1.82, 2.24) is 5.32 Å². The van der Waals surface area contributed by atoms with Gasteiger partial charge in [-0.3, -0.25) is 14.9 Å². The van der Waals surface area contributed by atoms with E-state index in [1.807, 2.05) is 0 Å². The van der Waals surface area contributed by atoms with Crippen molar-refractivity contribution < 1.29 is 28.6 Å². The minimum atomic E-state index is -0.829. The Labute approximate surface area is 197 Å². The molecule has 1 heterocycles. The maximum atomic E-state index is 13.1. The van der Waals surface area contributed by atoms with Gasteiger partial charge in [-0.05, 0) is 61.4 Å². The van der Waals surface area contributed by atoms with E-state index in [1.54, 1.807) is 43.3 Å². The summed E-state index contributed by atoms with van der Waals surface area (Å²) in [5.41, 5.74) is 0.528. The number of hydrogen-bond donors (Lipinski definition) is 1. The van der Waals surface area contributed by atoms with E-state index in [1.165, 1.54) is 13.2 Å². The molecule has 1 fully saturated rings. The summed E-state index contributed by atoms with van der Waals surface area (Å²) < 4.78 is 16.4. The second kappa shape index (κ2) is 10.9. The molecular formula is C24H25ClN2O6. The highest BCUT2D eigenvalue weighted by atomic mass is 35.5. The molecule has 1 aliphatic rings. The molecule has 3 rings (SSSR count). The lowest BCUT2D eigenvalue weighted by molar-refractivity contribution is -0.122. The highest BCUT2D eigenvalue weighted by molar-refractivity contribution is 6.39. The van der Waals surface area contributed by atoms with Crippen molar-refractivity contribution in [3.63, 3.8) is 0 Å². The number of urea groups is 1. The van der Waals surface area contributed by atoms with Gasteiger partial charge in [-0.15, -0.1) is 0 Å². The molecule has 1 N–H and O–H groups in total. The predicted octanol–water partition coefficient (Wildman–Crippen LogP) is 4.59. The van der Waals surface area contributed by atoms with Crippen LogP contribution in [0.3, 0.4) is 0 Å². The fourth-order valence-electron chi connectivity index (χ4n) is 3.22. The smallest absolute Gasteiger partial charge is 0.335 e. The Morgan fingerprint density at radius 1 is 1.06 bits per heavy atom. The average molecular weight is 473 g/mol. The SMILES string of the molecule is CCCCOc1ccc(N2C(=O)NC(=O)/C(=C/c3cc(Cl)c(OC)c(OCC)c3)C2=O)cc1. The second-order valence-corrected chi connectivity index (χ2v) is 7.53. The first-order valence-corrected chi connectivity index (χ1v) is 10.9. The summed E-state index contributed by atoms with van der Waals surface area (Å²) in [5, 5.41) is 2.46. The number of benzene rings is 2. The van der Waals surface area contributed by atoms with Crippen LogP contribution in [0.5, 0.6) is 17.2 Å². The number of ether oxygens (including phenoxy) is 3. The van der Waals surface area contributed by atoms with Crippen LogP contribution in [0.25, 0.3) is 6.08 Å². The molecule has 1 saturated heterocycles. The van der Waals surface area contributed by atoms with Crippen LogP contribution in [0.4, 0.5) is 10.5 Å². The summed E-state index contributed by atoms with van der Waals surface area (Å²) in [6, 6.07) is 8.83. The number of nitrogens with one attached hydrogen (secondary N) is 1. The number of carbonyl (C=O) groups is 3. The number of amides is 4. The molecule has 0 bridgehead atoms. The lowest BCUT2D eigenvalue weighted by Crippen LogP contribution is -2.54. The molecule has 0 aliphatic carbocycles. The van der Waals surface area contributed by atoms with Crippen LogP contribution in [0.2, 0.25) is 5.02 Å². The maximum absolute atomic E-state index is 13.1. The Morgan fingerprint density at radius 3 is 2.42 bits per heavy atom. The molecule has 0 unspecified atom stereocenters. The first-order chi connectivity index (χ1) is 15.9. The molecule has 1 aliphatic heterocycles. The van der Waals surface area contributed by atoms with Crippen molar-refractivity contribution in [3.05, 3.63) is 52.6 Å². The van der Waals surface area contributed by atoms with Gasteiger partial charge in [-0.1, -0.05) is 24.9 Å². The fraction of sp³-hybridized carbons (Fsp3) is 0.292. The third-order valence-corrected chi connectivity index (χ3v) is 5.09. The minimum Gasteiger partial charge on any atom is -0.494 e. The lowest BCUT2D eigenvalue weighted by Gasteiger charge is -2.26. The van der Waals surface area contributed by atoms with Crippen LogP contribution in [0.1, 0.15) is 32.3 Å². The third kappa shape index (κ3) is 5.46. The van der Waals surface area contributed by atoms with Gasteiger partial charge in [0.1, 0.15) is 11.3 Å². The van der Waals surface area contributed by atoms with Gasteiger partial charge in [0, 0.05) is 0 Å². The highest BCUT2D eigenvalue weighted by Crippen LogP contribution is 2.37. The zero-order valence-corrected chi connectivity index (χ0v) is 19.4. The molecule has 0 saturated carbocycles. The molecule has 0 aromatic heterocycles. The monoisotopic (exact) mass is 472 g/mol. The van der Waals surface area contributed by atoms with Crippen LogP contribution in [0.15, 0.2) is 42.0 Å². The van der Waals surface area contributed by atoms with Crippen molar-refractivity contribution in [2.45, 2.75) is 26.7 Å². The Hall–Kier alpha value is -3.52. The summed E-state index contributed by atoms with van der Waals surface area (Å²) >= 11 is 6.27. The Morgan fingerprint density at radius 2 is 1.79 bits per heavy atom. The van der Waals surface area contributed by atoms with Crippen LogP contribution in [-0.2, 0) is 9.59 Å². The van der Waals surface area contributed by atoms with E-state index in [0.29, 0.717) is 41.7 Å². The van der Waals surface area contributed by atoms with Crippen molar-refractivity contribution >= 4 is 41.2 Å². The zero-order valence-electron chi connectivity index (χ0n) is 18.6. The lowest BCUT2D eigenvalue weighted by atomic mass is 10.1. The number of hydrogen-bond acceptors (Lipinski definition) is 6. The number of rotatable bonds is 9. The zero-order chi connectivity index (χ0) is 24.0. The normalized spacial score (nSPS) is 15.0. The van der Waals surface area contributed by atoms with E-state index in [2.05, 4.69) is 12.2 Å². The van der Waals surface area contributed by atoms with Crippen molar-refractivity contribution in [2.75, 3.05) is 25.2 Å². The Balaban J connectivity index is 1.91. The van der Waals surface area contributed by atoms with Gasteiger partial charge >= 0.3 is 6.03 Å². The third-order valence-electron chi connectivity index (χ3n) is 4.81. The molecule has 0 atom stereocenters. The average Bonchev–Trinajstić information content (AvgIpc) is 2.78. The van der Waals surface area contributed by atoms with Gasteiger partial charge in [0.05, 0.1) is 31.0 Å². The van der Waals surface area contributed by atoms with Gasteiger partial charge in [-0.2, -0.15) is 0 Å². The molecule has 2 aromatic rings. The van der Waals surface area contributed by atoms with Crippen molar-refractivity contribution in [2.24, 2.45) is 0 Å². The van der Waals surface area contributed by atoms with E-state index < -0.39 is 17.8 Å². The number of barbiturate groups is 1. The molecule has 8 nitrogen and oxygen atoms in total.